The maximum atomic E-state index is 9.40. The van der Waals surface area contributed by atoms with Crippen LogP contribution in [0.25, 0.3) is 11.1 Å². The maximum Gasteiger partial charge on any atom is 0.0471 e. The van der Waals surface area contributed by atoms with Crippen molar-refractivity contribution in [2.24, 2.45) is 0 Å². The molecule has 0 amide bonds. The zero-order chi connectivity index (χ0) is 34.7. The highest BCUT2D eigenvalue weighted by molar-refractivity contribution is 5.81. The number of rotatable bonds is 15. The van der Waals surface area contributed by atoms with Gasteiger partial charge in [-0.2, -0.15) is 0 Å². The van der Waals surface area contributed by atoms with Gasteiger partial charge in [-0.15, -0.1) is 0 Å². The minimum atomic E-state index is 0.118. The lowest BCUT2D eigenvalue weighted by molar-refractivity contribution is 0.299. The molecule has 0 heterocycles. The van der Waals surface area contributed by atoms with Crippen LogP contribution in [0, 0.1) is 0 Å². The first-order chi connectivity index (χ1) is 24.6. The summed E-state index contributed by atoms with van der Waals surface area (Å²) >= 11 is 0. The first kappa shape index (κ1) is 34.6. The van der Waals surface area contributed by atoms with Crippen LogP contribution in [0.5, 0.6) is 0 Å². The number of aliphatic hydroxyl groups excluding tert-OH is 4. The Morgan fingerprint density at radius 2 is 0.440 bits per heavy atom. The molecule has 0 saturated heterocycles. The van der Waals surface area contributed by atoms with Crippen molar-refractivity contribution >= 4 is 34.1 Å². The van der Waals surface area contributed by atoms with Gasteiger partial charge < -0.3 is 30.2 Å². The normalized spacial score (nSPS) is 11.0. The summed E-state index contributed by atoms with van der Waals surface area (Å²) in [6, 6.07) is 50.3. The Bertz CT molecular complexity index is 1660. The summed E-state index contributed by atoms with van der Waals surface area (Å²) in [6.45, 7) is 0.472. The van der Waals surface area contributed by atoms with Crippen LogP contribution in [-0.2, 0) is 25.7 Å². The quantitative estimate of drug-likeness (QED) is 0.0882. The summed E-state index contributed by atoms with van der Waals surface area (Å²) in [5.41, 5.74) is 12.7. The van der Waals surface area contributed by atoms with E-state index in [1.807, 2.05) is 0 Å². The molecule has 0 fully saturated rings. The van der Waals surface area contributed by atoms with Crippen LogP contribution in [0.1, 0.15) is 22.3 Å². The zero-order valence-corrected chi connectivity index (χ0v) is 28.2. The molecule has 6 rings (SSSR count). The Morgan fingerprint density at radius 1 is 0.260 bits per heavy atom. The van der Waals surface area contributed by atoms with Crippen LogP contribution in [0.3, 0.4) is 0 Å². The molecular weight excluding hydrogens is 620 g/mol. The average Bonchev–Trinajstić information content (AvgIpc) is 3.16. The molecule has 6 aromatic rings. The predicted octanol–water partition coefficient (Wildman–Crippen LogP) is 8.43. The first-order valence-corrected chi connectivity index (χ1v) is 17.2. The van der Waals surface area contributed by atoms with E-state index in [0.717, 1.165) is 67.5 Å². The predicted molar refractivity (Wildman–Crippen MR) is 204 cm³/mol. The molecule has 6 nitrogen and oxygen atoms in total. The summed E-state index contributed by atoms with van der Waals surface area (Å²) in [4.78, 5) is 4.43. The minimum Gasteiger partial charge on any atom is -0.396 e. The Hall–Kier alpha value is -5.24. The van der Waals surface area contributed by atoms with E-state index in [2.05, 4.69) is 155 Å². The van der Waals surface area contributed by atoms with E-state index >= 15 is 0 Å². The Labute approximate surface area is 294 Å². The van der Waals surface area contributed by atoms with E-state index in [0.29, 0.717) is 25.7 Å². The lowest BCUT2D eigenvalue weighted by atomic mass is 10.0. The molecule has 6 heteroatoms. The second-order valence-corrected chi connectivity index (χ2v) is 12.3. The Balaban J connectivity index is 1.29. The van der Waals surface area contributed by atoms with Crippen molar-refractivity contribution in [2.75, 3.05) is 36.2 Å². The van der Waals surface area contributed by atoms with Crippen LogP contribution < -0.4 is 9.80 Å². The van der Waals surface area contributed by atoms with E-state index in [9.17, 15) is 20.4 Å². The second kappa shape index (κ2) is 16.9. The minimum absolute atomic E-state index is 0.118. The van der Waals surface area contributed by atoms with Gasteiger partial charge in [-0.05, 0) is 132 Å². The Kier molecular flexibility index (Phi) is 11.7. The van der Waals surface area contributed by atoms with Gasteiger partial charge in [0.25, 0.3) is 0 Å². The third-order valence-electron chi connectivity index (χ3n) is 8.96. The summed E-state index contributed by atoms with van der Waals surface area (Å²) in [7, 11) is 0. The van der Waals surface area contributed by atoms with Gasteiger partial charge in [0.2, 0.25) is 0 Å². The van der Waals surface area contributed by atoms with Gasteiger partial charge >= 0.3 is 0 Å². The van der Waals surface area contributed by atoms with Crippen LogP contribution in [0.4, 0.5) is 34.1 Å². The number of anilines is 6. The molecule has 0 radical (unpaired) electrons. The molecule has 0 aliphatic carbocycles. The van der Waals surface area contributed by atoms with Crippen molar-refractivity contribution in [3.63, 3.8) is 0 Å². The summed E-state index contributed by atoms with van der Waals surface area (Å²) < 4.78 is 0. The van der Waals surface area contributed by atoms with Crippen molar-refractivity contribution in [1.82, 2.24) is 0 Å². The number of hydrogen-bond donors (Lipinski definition) is 4. The number of nitrogens with zero attached hydrogens (tertiary/aromatic N) is 2. The third-order valence-corrected chi connectivity index (χ3v) is 8.96. The molecule has 6 aromatic carbocycles. The van der Waals surface area contributed by atoms with Crippen molar-refractivity contribution in [3.8, 4) is 11.1 Å². The summed E-state index contributed by atoms with van der Waals surface area (Å²) in [5, 5.41) is 37.6. The summed E-state index contributed by atoms with van der Waals surface area (Å²) in [5.74, 6) is 0. The van der Waals surface area contributed by atoms with Gasteiger partial charge in [0, 0.05) is 60.6 Å². The van der Waals surface area contributed by atoms with Gasteiger partial charge in [-0.1, -0.05) is 72.8 Å². The average molecular weight is 665 g/mol. The smallest absolute Gasteiger partial charge is 0.0471 e. The molecule has 0 aliphatic heterocycles. The monoisotopic (exact) mass is 664 g/mol. The topological polar surface area (TPSA) is 87.4 Å². The van der Waals surface area contributed by atoms with Crippen LogP contribution in [0.15, 0.2) is 146 Å². The molecule has 4 N–H and O–H groups in total. The van der Waals surface area contributed by atoms with Crippen LogP contribution >= 0.6 is 0 Å². The molecule has 0 spiro atoms. The van der Waals surface area contributed by atoms with E-state index in [1.54, 1.807) is 0 Å². The lowest BCUT2D eigenvalue weighted by Crippen LogP contribution is -2.10. The SMILES string of the molecule is OCCc1ccc(N(c2ccc(CCO)cc2)c2ccc(-c3ccc(N(c4ccc(CCO)cc4)c4ccc(CCO)cc4)cc3)cc2)cc1. The van der Waals surface area contributed by atoms with Gasteiger partial charge in [0.05, 0.1) is 0 Å². The lowest BCUT2D eigenvalue weighted by Gasteiger charge is -2.26. The van der Waals surface area contributed by atoms with E-state index in [1.165, 1.54) is 0 Å². The van der Waals surface area contributed by atoms with Gasteiger partial charge in [-0.25, -0.2) is 0 Å². The zero-order valence-electron chi connectivity index (χ0n) is 28.2. The molecule has 0 unspecified atom stereocenters. The fourth-order valence-corrected chi connectivity index (χ4v) is 6.26. The number of hydrogen-bond acceptors (Lipinski definition) is 6. The van der Waals surface area contributed by atoms with E-state index < -0.39 is 0 Å². The highest BCUT2D eigenvalue weighted by Gasteiger charge is 2.15. The fourth-order valence-electron chi connectivity index (χ4n) is 6.26. The molecule has 0 aromatic heterocycles. The first-order valence-electron chi connectivity index (χ1n) is 17.2. The highest BCUT2D eigenvalue weighted by atomic mass is 16.3. The van der Waals surface area contributed by atoms with Crippen LogP contribution in [-0.4, -0.2) is 46.9 Å². The van der Waals surface area contributed by atoms with Gasteiger partial charge in [0.1, 0.15) is 0 Å². The number of benzene rings is 6. The standard InChI is InChI=1S/C44H44N2O4/c47-29-25-33-1-13-39(14-2-33)45(40-15-3-34(4-16-40)26-30-48)43-21-9-37(10-22-43)38-11-23-44(24-12-38)46(41-17-5-35(6-18-41)27-31-49)42-19-7-36(8-20-42)28-32-50/h1-24,47-50H,25-32H2. The van der Waals surface area contributed by atoms with Gasteiger partial charge in [0.15, 0.2) is 0 Å². The van der Waals surface area contributed by atoms with Crippen molar-refractivity contribution in [2.45, 2.75) is 25.7 Å². The molecule has 0 bridgehead atoms. The molecule has 0 aliphatic rings. The Morgan fingerprint density at radius 3 is 0.620 bits per heavy atom. The summed E-state index contributed by atoms with van der Waals surface area (Å²) in [6.07, 6.45) is 2.48. The molecule has 50 heavy (non-hydrogen) atoms. The van der Waals surface area contributed by atoms with Crippen molar-refractivity contribution in [1.29, 1.82) is 0 Å². The van der Waals surface area contributed by atoms with Crippen molar-refractivity contribution in [3.05, 3.63) is 168 Å². The molecule has 0 saturated carbocycles. The van der Waals surface area contributed by atoms with Gasteiger partial charge in [-0.3, -0.25) is 0 Å². The fraction of sp³-hybridized carbons (Fsp3) is 0.182. The second-order valence-electron chi connectivity index (χ2n) is 12.3. The van der Waals surface area contributed by atoms with E-state index in [-0.39, 0.29) is 26.4 Å². The molecule has 0 atom stereocenters. The largest absolute Gasteiger partial charge is 0.396 e. The molecule has 254 valence electrons. The maximum absolute atomic E-state index is 9.40. The highest BCUT2D eigenvalue weighted by Crippen LogP contribution is 2.38. The van der Waals surface area contributed by atoms with Crippen LogP contribution in [0.2, 0.25) is 0 Å². The van der Waals surface area contributed by atoms with Crippen molar-refractivity contribution < 1.29 is 20.4 Å². The molecular formula is C44H44N2O4. The van der Waals surface area contributed by atoms with E-state index in [4.69, 9.17) is 0 Å². The number of aliphatic hydroxyl groups is 4. The third kappa shape index (κ3) is 8.30.